The molecule has 3 rings (SSSR count). The van der Waals surface area contributed by atoms with Crippen LogP contribution in [0.5, 0.6) is 0 Å². The van der Waals surface area contributed by atoms with Crippen molar-refractivity contribution in [2.24, 2.45) is 0 Å². The number of hydrogen-bond donors (Lipinski definition) is 1. The normalized spacial score (nSPS) is 11.3. The van der Waals surface area contributed by atoms with Crippen LogP contribution in [-0.2, 0) is 14.8 Å². The molecule has 1 N–H and O–H groups in total. The van der Waals surface area contributed by atoms with Gasteiger partial charge < -0.3 is 4.74 Å². The number of rotatable bonds is 5. The Balaban J connectivity index is 2.02. The number of benzene rings is 2. The van der Waals surface area contributed by atoms with E-state index in [4.69, 9.17) is 0 Å². The third-order valence-electron chi connectivity index (χ3n) is 3.71. The molecule has 1 heterocycles. The highest BCUT2D eigenvalue weighted by atomic mass is 32.2. The predicted octanol–water partition coefficient (Wildman–Crippen LogP) is 1.84. The van der Waals surface area contributed by atoms with E-state index in [1.807, 2.05) is 4.72 Å². The average molecular weight is 409 g/mol. The zero-order valence-corrected chi connectivity index (χ0v) is 15.4. The van der Waals surface area contributed by atoms with Crippen LogP contribution >= 0.6 is 0 Å². The Kier molecular flexibility index (Phi) is 5.05. The fraction of sp³-hybridized carbons (Fsp3) is 0.125. The van der Waals surface area contributed by atoms with Gasteiger partial charge in [-0.3, -0.25) is 4.72 Å². The lowest BCUT2D eigenvalue weighted by Crippen LogP contribution is -2.17. The summed E-state index contributed by atoms with van der Waals surface area (Å²) in [6.07, 6.45) is 0. The molecule has 0 aliphatic heterocycles. The largest absolute Gasteiger partial charge is 0.465 e. The van der Waals surface area contributed by atoms with Crippen LogP contribution in [0.15, 0.2) is 41.3 Å². The van der Waals surface area contributed by atoms with Gasteiger partial charge in [-0.1, -0.05) is 0 Å². The van der Waals surface area contributed by atoms with Gasteiger partial charge in [-0.05, 0) is 53.7 Å². The monoisotopic (exact) mass is 409 g/mol. The Labute approximate surface area is 158 Å². The second-order valence-electron chi connectivity index (χ2n) is 5.54. The minimum atomic E-state index is -4.56. The van der Waals surface area contributed by atoms with E-state index in [0.717, 1.165) is 37.4 Å². The lowest BCUT2D eigenvalue weighted by molar-refractivity contribution is 0.0600. The second-order valence-corrected chi connectivity index (χ2v) is 7.20. The van der Waals surface area contributed by atoms with Gasteiger partial charge in [-0.2, -0.15) is 4.68 Å². The maximum absolute atomic E-state index is 14.2. The number of esters is 1. The number of nitrogens with one attached hydrogen (secondary N) is 1. The Hall–Kier alpha value is -3.41. The van der Waals surface area contributed by atoms with Crippen molar-refractivity contribution in [3.63, 3.8) is 0 Å². The van der Waals surface area contributed by atoms with Gasteiger partial charge in [0.1, 0.15) is 16.5 Å². The molecule has 0 unspecified atom stereocenters. The molecule has 28 heavy (non-hydrogen) atoms. The topological polar surface area (TPSA) is 116 Å². The van der Waals surface area contributed by atoms with E-state index in [9.17, 15) is 22.0 Å². The van der Waals surface area contributed by atoms with Crippen LogP contribution in [0.1, 0.15) is 16.2 Å². The Bertz CT molecular complexity index is 1160. The molecule has 0 amide bonds. The van der Waals surface area contributed by atoms with Crippen LogP contribution in [0.25, 0.3) is 5.69 Å². The van der Waals surface area contributed by atoms with E-state index >= 15 is 0 Å². The summed E-state index contributed by atoms with van der Waals surface area (Å²) in [7, 11) is -3.46. The van der Waals surface area contributed by atoms with Crippen LogP contribution in [0.2, 0.25) is 0 Å². The summed E-state index contributed by atoms with van der Waals surface area (Å²) in [5.41, 5.74) is -0.344. The van der Waals surface area contributed by atoms with Gasteiger partial charge in [-0.25, -0.2) is 22.0 Å². The van der Waals surface area contributed by atoms with Crippen LogP contribution in [-0.4, -0.2) is 41.7 Å². The van der Waals surface area contributed by atoms with Crippen molar-refractivity contribution in [2.75, 3.05) is 11.8 Å². The van der Waals surface area contributed by atoms with Gasteiger partial charge in [0.25, 0.3) is 10.0 Å². The molecule has 2 aromatic carbocycles. The summed E-state index contributed by atoms with van der Waals surface area (Å²) in [5, 5.41) is 10.9. The van der Waals surface area contributed by atoms with Crippen molar-refractivity contribution in [1.29, 1.82) is 0 Å². The van der Waals surface area contributed by atoms with Crippen LogP contribution < -0.4 is 4.72 Å². The van der Waals surface area contributed by atoms with Gasteiger partial charge in [0.05, 0.1) is 24.0 Å². The molecule has 0 saturated heterocycles. The molecule has 0 saturated carbocycles. The molecule has 12 heteroatoms. The number of ether oxygens (including phenoxy) is 1. The van der Waals surface area contributed by atoms with Crippen molar-refractivity contribution in [3.8, 4) is 5.69 Å². The number of halogens is 2. The minimum absolute atomic E-state index is 0.178. The van der Waals surface area contributed by atoms with Gasteiger partial charge in [0.2, 0.25) is 0 Å². The van der Waals surface area contributed by atoms with Crippen LogP contribution in [0, 0.1) is 18.6 Å². The number of sulfonamides is 1. The van der Waals surface area contributed by atoms with Gasteiger partial charge in [0.15, 0.2) is 5.82 Å². The van der Waals surface area contributed by atoms with Crippen molar-refractivity contribution < 1.29 is 26.7 Å². The van der Waals surface area contributed by atoms with Crippen molar-refractivity contribution in [2.45, 2.75) is 11.8 Å². The number of aryl methyl sites for hydroxylation is 1. The molecule has 0 atom stereocenters. The standard InChI is InChI=1S/C16H13F2N5O4S/c1-9-19-21-22-23(9)11-4-6-12(17)14(8-11)20-28(25,26)15-7-10(16(24)27-2)3-5-13(15)18/h3-8,20H,1-2H3. The molecule has 1 aromatic heterocycles. The van der Waals surface area contributed by atoms with E-state index in [1.54, 1.807) is 6.92 Å². The quantitative estimate of drug-likeness (QED) is 0.639. The predicted molar refractivity (Wildman–Crippen MR) is 92.4 cm³/mol. The molecule has 0 aliphatic carbocycles. The van der Waals surface area contributed by atoms with Crippen molar-refractivity contribution in [1.82, 2.24) is 20.2 Å². The maximum Gasteiger partial charge on any atom is 0.337 e. The van der Waals surface area contributed by atoms with Crippen LogP contribution in [0.4, 0.5) is 14.5 Å². The van der Waals surface area contributed by atoms with Crippen molar-refractivity contribution in [3.05, 3.63) is 59.4 Å². The SMILES string of the molecule is COC(=O)c1ccc(F)c(S(=O)(=O)Nc2cc(-n3nnnc3C)ccc2F)c1. The first-order valence-corrected chi connectivity index (χ1v) is 9.17. The zero-order chi connectivity index (χ0) is 20.5. The lowest BCUT2D eigenvalue weighted by Gasteiger charge is -2.12. The lowest BCUT2D eigenvalue weighted by atomic mass is 10.2. The fourth-order valence-corrected chi connectivity index (χ4v) is 3.51. The summed E-state index contributed by atoms with van der Waals surface area (Å²) in [6, 6.07) is 6.18. The van der Waals surface area contributed by atoms with Gasteiger partial charge in [-0.15, -0.1) is 5.10 Å². The Morgan fingerprint density at radius 1 is 1.14 bits per heavy atom. The summed E-state index contributed by atoms with van der Waals surface area (Å²) >= 11 is 0. The first-order chi connectivity index (χ1) is 13.2. The number of methoxy groups -OCH3 is 1. The second kappa shape index (κ2) is 7.31. The first-order valence-electron chi connectivity index (χ1n) is 7.68. The average Bonchev–Trinajstić information content (AvgIpc) is 3.09. The Morgan fingerprint density at radius 3 is 2.50 bits per heavy atom. The number of tetrazole rings is 1. The van der Waals surface area contributed by atoms with Crippen molar-refractivity contribution >= 4 is 21.7 Å². The molecule has 3 aromatic rings. The molecule has 0 aliphatic rings. The molecular weight excluding hydrogens is 396 g/mol. The number of nitrogens with zero attached hydrogens (tertiary/aromatic N) is 4. The van der Waals surface area contributed by atoms with Gasteiger partial charge in [0, 0.05) is 0 Å². The van der Waals surface area contributed by atoms with E-state index in [2.05, 4.69) is 20.3 Å². The molecule has 0 radical (unpaired) electrons. The summed E-state index contributed by atoms with van der Waals surface area (Å²) in [5.74, 6) is -2.48. The number of anilines is 1. The molecule has 146 valence electrons. The Morgan fingerprint density at radius 2 is 1.86 bits per heavy atom. The smallest absolute Gasteiger partial charge is 0.337 e. The molecule has 0 spiro atoms. The number of aromatic nitrogens is 4. The zero-order valence-electron chi connectivity index (χ0n) is 14.6. The summed E-state index contributed by atoms with van der Waals surface area (Å²) < 4.78 is 61.2. The minimum Gasteiger partial charge on any atom is -0.465 e. The van der Waals surface area contributed by atoms with E-state index in [1.165, 1.54) is 10.7 Å². The van der Waals surface area contributed by atoms with E-state index in [-0.39, 0.29) is 11.3 Å². The first kappa shape index (κ1) is 19.4. The number of carbonyl (C=O) groups excluding carboxylic acids is 1. The molecule has 0 fully saturated rings. The number of carbonyl (C=O) groups is 1. The fourth-order valence-electron chi connectivity index (χ4n) is 2.35. The highest BCUT2D eigenvalue weighted by Crippen LogP contribution is 2.24. The maximum atomic E-state index is 14.2. The highest BCUT2D eigenvalue weighted by Gasteiger charge is 2.23. The van der Waals surface area contributed by atoms with E-state index < -0.39 is 38.2 Å². The highest BCUT2D eigenvalue weighted by molar-refractivity contribution is 7.92. The summed E-state index contributed by atoms with van der Waals surface area (Å²) in [4.78, 5) is 10.7. The van der Waals surface area contributed by atoms with E-state index in [0.29, 0.717) is 5.82 Å². The summed E-state index contributed by atoms with van der Waals surface area (Å²) in [6.45, 7) is 1.60. The molecule has 0 bridgehead atoms. The molecule has 9 nitrogen and oxygen atoms in total. The third kappa shape index (κ3) is 3.67. The van der Waals surface area contributed by atoms with Gasteiger partial charge >= 0.3 is 5.97 Å². The van der Waals surface area contributed by atoms with Crippen LogP contribution in [0.3, 0.4) is 0 Å². The third-order valence-corrected chi connectivity index (χ3v) is 5.09. The molecular formula is C16H13F2N5O4S. The number of hydrogen-bond acceptors (Lipinski definition) is 7.